The number of carbonyl (C=O) groups excluding carboxylic acids is 3. The molecule has 0 saturated carbocycles. The predicted octanol–water partition coefficient (Wildman–Crippen LogP) is 1.80. The van der Waals surface area contributed by atoms with Crippen LogP contribution in [0.2, 0.25) is 0 Å². The number of morpholine rings is 1. The molecule has 1 aromatic carbocycles. The first-order valence-electron chi connectivity index (χ1n) is 6.27. The lowest BCUT2D eigenvalue weighted by Crippen LogP contribution is -2.46. The van der Waals surface area contributed by atoms with Gasteiger partial charge in [-0.2, -0.15) is 0 Å². The van der Waals surface area contributed by atoms with Crippen molar-refractivity contribution in [2.75, 3.05) is 19.8 Å². The van der Waals surface area contributed by atoms with Crippen molar-refractivity contribution < 1.29 is 19.1 Å². The van der Waals surface area contributed by atoms with Crippen LogP contribution in [0.25, 0.3) is 0 Å². The standard InChI is InChI=1S/C14H14BrNO4/c15-11-5-3-10(4-6-11)12(17)2-1-7-16-13(18)8-20-9-14(16)19/h3-6H,1-2,7-9H2. The van der Waals surface area contributed by atoms with Gasteiger partial charge in [-0.05, 0) is 18.6 Å². The molecule has 1 aliphatic rings. The van der Waals surface area contributed by atoms with Crippen molar-refractivity contribution in [2.24, 2.45) is 0 Å². The second kappa shape index (κ2) is 6.76. The highest BCUT2D eigenvalue weighted by Crippen LogP contribution is 2.13. The number of hydrogen-bond donors (Lipinski definition) is 0. The zero-order valence-corrected chi connectivity index (χ0v) is 12.4. The predicted molar refractivity (Wildman–Crippen MR) is 75.2 cm³/mol. The molecule has 5 nitrogen and oxygen atoms in total. The highest BCUT2D eigenvalue weighted by molar-refractivity contribution is 9.10. The van der Waals surface area contributed by atoms with E-state index < -0.39 is 0 Å². The van der Waals surface area contributed by atoms with E-state index in [4.69, 9.17) is 4.74 Å². The third-order valence-electron chi connectivity index (χ3n) is 3.00. The fraction of sp³-hybridized carbons (Fsp3) is 0.357. The van der Waals surface area contributed by atoms with Crippen LogP contribution in [0.5, 0.6) is 0 Å². The molecule has 1 fully saturated rings. The molecule has 2 amide bonds. The Hall–Kier alpha value is -1.53. The second-order valence-corrected chi connectivity index (χ2v) is 5.38. The fourth-order valence-corrected chi connectivity index (χ4v) is 2.21. The Morgan fingerprint density at radius 2 is 1.75 bits per heavy atom. The van der Waals surface area contributed by atoms with Gasteiger partial charge in [-0.25, -0.2) is 0 Å². The molecule has 1 aromatic rings. The van der Waals surface area contributed by atoms with Crippen molar-refractivity contribution in [3.8, 4) is 0 Å². The topological polar surface area (TPSA) is 63.7 Å². The number of imide groups is 1. The van der Waals surface area contributed by atoms with Gasteiger partial charge in [0, 0.05) is 23.0 Å². The molecule has 1 aliphatic heterocycles. The number of halogens is 1. The van der Waals surface area contributed by atoms with Crippen LogP contribution in [-0.4, -0.2) is 42.3 Å². The summed E-state index contributed by atoms with van der Waals surface area (Å²) in [4.78, 5) is 36.1. The monoisotopic (exact) mass is 339 g/mol. The van der Waals surface area contributed by atoms with Crippen LogP contribution in [0.3, 0.4) is 0 Å². The average molecular weight is 340 g/mol. The molecule has 0 radical (unpaired) electrons. The van der Waals surface area contributed by atoms with Crippen molar-refractivity contribution in [2.45, 2.75) is 12.8 Å². The molecule has 0 N–H and O–H groups in total. The molecule has 0 bridgehead atoms. The molecule has 20 heavy (non-hydrogen) atoms. The number of ether oxygens (including phenoxy) is 1. The first-order valence-corrected chi connectivity index (χ1v) is 7.07. The molecular weight excluding hydrogens is 326 g/mol. The van der Waals surface area contributed by atoms with E-state index in [0.717, 1.165) is 4.47 Å². The van der Waals surface area contributed by atoms with Gasteiger partial charge in [0.15, 0.2) is 5.78 Å². The van der Waals surface area contributed by atoms with Crippen LogP contribution in [0.1, 0.15) is 23.2 Å². The molecule has 0 aromatic heterocycles. The van der Waals surface area contributed by atoms with E-state index in [0.29, 0.717) is 18.4 Å². The van der Waals surface area contributed by atoms with Crippen molar-refractivity contribution >= 4 is 33.5 Å². The van der Waals surface area contributed by atoms with E-state index in [1.807, 2.05) is 12.1 Å². The molecule has 6 heteroatoms. The van der Waals surface area contributed by atoms with Crippen molar-refractivity contribution in [1.82, 2.24) is 4.90 Å². The maximum Gasteiger partial charge on any atom is 0.255 e. The lowest BCUT2D eigenvalue weighted by atomic mass is 10.1. The zero-order valence-electron chi connectivity index (χ0n) is 10.8. The molecule has 1 saturated heterocycles. The summed E-state index contributed by atoms with van der Waals surface area (Å²) in [6, 6.07) is 7.11. The van der Waals surface area contributed by atoms with Gasteiger partial charge in [0.05, 0.1) is 0 Å². The van der Waals surface area contributed by atoms with E-state index in [9.17, 15) is 14.4 Å². The summed E-state index contributed by atoms with van der Waals surface area (Å²) in [5.74, 6) is -0.666. The van der Waals surface area contributed by atoms with Crippen molar-refractivity contribution in [3.05, 3.63) is 34.3 Å². The minimum absolute atomic E-state index is 0.00524. The van der Waals surface area contributed by atoms with Gasteiger partial charge in [0.1, 0.15) is 13.2 Å². The Labute approximate surface area is 125 Å². The first-order chi connectivity index (χ1) is 9.58. The third-order valence-corrected chi connectivity index (χ3v) is 3.53. The minimum atomic E-state index is -0.336. The number of hydrogen-bond acceptors (Lipinski definition) is 4. The summed E-state index contributed by atoms with van der Waals surface area (Å²) in [7, 11) is 0. The van der Waals surface area contributed by atoms with E-state index in [1.165, 1.54) is 4.90 Å². The van der Waals surface area contributed by atoms with Gasteiger partial charge in [-0.3, -0.25) is 19.3 Å². The number of benzene rings is 1. The number of carbonyl (C=O) groups is 3. The van der Waals surface area contributed by atoms with Gasteiger partial charge in [0.2, 0.25) is 0 Å². The molecule has 0 atom stereocenters. The summed E-state index contributed by atoms with van der Waals surface area (Å²) >= 11 is 3.31. The van der Waals surface area contributed by atoms with E-state index in [-0.39, 0.29) is 37.4 Å². The molecule has 106 valence electrons. The lowest BCUT2D eigenvalue weighted by molar-refractivity contribution is -0.158. The normalized spacial score (nSPS) is 15.6. The van der Waals surface area contributed by atoms with Crippen LogP contribution in [0, 0.1) is 0 Å². The van der Waals surface area contributed by atoms with Crippen LogP contribution in [-0.2, 0) is 14.3 Å². The average Bonchev–Trinajstić information content (AvgIpc) is 2.42. The number of nitrogens with zero attached hydrogens (tertiary/aromatic N) is 1. The summed E-state index contributed by atoms with van der Waals surface area (Å²) < 4.78 is 5.74. The highest BCUT2D eigenvalue weighted by Gasteiger charge is 2.26. The van der Waals surface area contributed by atoms with E-state index in [2.05, 4.69) is 15.9 Å². The molecular formula is C14H14BrNO4. The molecule has 0 unspecified atom stereocenters. The second-order valence-electron chi connectivity index (χ2n) is 4.47. The number of Topliss-reactive ketones (excluding diaryl/α,β-unsaturated/α-hetero) is 1. The Kier molecular flexibility index (Phi) is 5.03. The van der Waals surface area contributed by atoms with Crippen LogP contribution in [0.15, 0.2) is 28.7 Å². The molecule has 0 spiro atoms. The number of ketones is 1. The van der Waals surface area contributed by atoms with Crippen molar-refractivity contribution in [3.63, 3.8) is 0 Å². The van der Waals surface area contributed by atoms with E-state index in [1.54, 1.807) is 12.1 Å². The SMILES string of the molecule is O=C(CCCN1C(=O)COCC1=O)c1ccc(Br)cc1. The molecule has 0 aliphatic carbocycles. The Balaban J connectivity index is 1.83. The van der Waals surface area contributed by atoms with Gasteiger partial charge >= 0.3 is 0 Å². The number of amides is 2. The van der Waals surface area contributed by atoms with Crippen molar-refractivity contribution in [1.29, 1.82) is 0 Å². The highest BCUT2D eigenvalue weighted by atomic mass is 79.9. The summed E-state index contributed by atoms with van der Waals surface area (Å²) in [6.07, 6.45) is 0.770. The largest absolute Gasteiger partial charge is 0.362 e. The zero-order chi connectivity index (χ0) is 14.5. The summed E-state index contributed by atoms with van der Waals surface area (Å²) in [6.45, 7) is 0.141. The van der Waals surface area contributed by atoms with E-state index >= 15 is 0 Å². The van der Waals surface area contributed by atoms with Gasteiger partial charge < -0.3 is 4.74 Å². The van der Waals surface area contributed by atoms with Gasteiger partial charge in [-0.1, -0.05) is 28.1 Å². The quantitative estimate of drug-likeness (QED) is 0.606. The summed E-state index contributed by atoms with van der Waals surface area (Å²) in [5.41, 5.74) is 0.632. The van der Waals surface area contributed by atoms with Gasteiger partial charge in [-0.15, -0.1) is 0 Å². The first kappa shape index (κ1) is 14.9. The fourth-order valence-electron chi connectivity index (χ4n) is 1.95. The number of rotatable bonds is 5. The Bertz CT molecular complexity index is 510. The Morgan fingerprint density at radius 1 is 1.15 bits per heavy atom. The van der Waals surface area contributed by atoms with Gasteiger partial charge in [0.25, 0.3) is 11.8 Å². The minimum Gasteiger partial charge on any atom is -0.362 e. The van der Waals surface area contributed by atoms with Crippen LogP contribution >= 0.6 is 15.9 Å². The molecule has 1 heterocycles. The Morgan fingerprint density at radius 3 is 2.35 bits per heavy atom. The van der Waals surface area contributed by atoms with Crippen LogP contribution in [0.4, 0.5) is 0 Å². The molecule has 2 rings (SSSR count). The summed E-state index contributed by atoms with van der Waals surface area (Å²) in [5, 5.41) is 0. The smallest absolute Gasteiger partial charge is 0.255 e. The maximum atomic E-state index is 11.9. The third kappa shape index (κ3) is 3.74. The maximum absolute atomic E-state index is 11.9. The lowest BCUT2D eigenvalue weighted by Gasteiger charge is -2.24. The van der Waals surface area contributed by atoms with Crippen LogP contribution < -0.4 is 0 Å².